The first-order valence-corrected chi connectivity index (χ1v) is 4.78. The largest absolute Gasteiger partial charge is 0.364 e. The van der Waals surface area contributed by atoms with Gasteiger partial charge in [-0.05, 0) is 6.92 Å². The van der Waals surface area contributed by atoms with Crippen molar-refractivity contribution in [2.45, 2.75) is 6.92 Å². The van der Waals surface area contributed by atoms with Crippen LogP contribution in [-0.4, -0.2) is 28.0 Å². The molecule has 0 unspecified atom stereocenters. The number of anilines is 2. The lowest BCUT2D eigenvalue weighted by molar-refractivity contribution is -0.383. The lowest BCUT2D eigenvalue weighted by Gasteiger charge is -2.07. The van der Waals surface area contributed by atoms with Crippen molar-refractivity contribution in [3.8, 4) is 0 Å². The molecule has 0 amide bonds. The molecule has 0 saturated carbocycles. The Kier molecular flexibility index (Phi) is 4.19. The molecule has 0 fully saturated rings. The number of nitrogens with zero attached hydrogens (tertiary/aromatic N) is 3. The summed E-state index contributed by atoms with van der Waals surface area (Å²) in [6.45, 7) is 6.31. The first-order chi connectivity index (χ1) is 7.70. The van der Waals surface area contributed by atoms with E-state index in [2.05, 4.69) is 27.2 Å². The Labute approximate surface area is 92.8 Å². The van der Waals surface area contributed by atoms with Crippen LogP contribution in [0.4, 0.5) is 17.3 Å². The normalized spacial score (nSPS) is 9.56. The molecule has 0 aliphatic carbocycles. The minimum Gasteiger partial charge on any atom is -0.364 e. The molecule has 0 spiro atoms. The summed E-state index contributed by atoms with van der Waals surface area (Å²) in [5, 5.41) is 16.5. The number of nitrogens with one attached hydrogen (secondary N) is 2. The van der Waals surface area contributed by atoms with Gasteiger partial charge >= 0.3 is 5.69 Å². The molecule has 0 aromatic carbocycles. The third-order valence-electron chi connectivity index (χ3n) is 1.76. The van der Waals surface area contributed by atoms with Crippen LogP contribution in [0.25, 0.3) is 0 Å². The molecule has 2 N–H and O–H groups in total. The predicted octanol–water partition coefficient (Wildman–Crippen LogP) is 1.41. The van der Waals surface area contributed by atoms with Crippen LogP contribution in [0.3, 0.4) is 0 Å². The minimum absolute atomic E-state index is 0.147. The minimum atomic E-state index is -0.511. The standard InChI is InChI=1S/C9H13N5O2/c1-3-5-11-9-7(14(15)16)8(10-4-2)12-6-13-9/h3,6H,1,4-5H2,2H3,(H2,10,11,12,13). The van der Waals surface area contributed by atoms with Crippen molar-refractivity contribution in [1.82, 2.24) is 9.97 Å². The van der Waals surface area contributed by atoms with Gasteiger partial charge in [-0.25, -0.2) is 9.97 Å². The van der Waals surface area contributed by atoms with Crippen LogP contribution in [0.15, 0.2) is 19.0 Å². The van der Waals surface area contributed by atoms with Gasteiger partial charge in [-0.3, -0.25) is 10.1 Å². The summed E-state index contributed by atoms with van der Waals surface area (Å²) < 4.78 is 0. The summed E-state index contributed by atoms with van der Waals surface area (Å²) in [6, 6.07) is 0. The number of hydrogen-bond donors (Lipinski definition) is 2. The molecule has 1 aromatic heterocycles. The summed E-state index contributed by atoms with van der Waals surface area (Å²) in [7, 11) is 0. The van der Waals surface area contributed by atoms with E-state index in [-0.39, 0.29) is 17.3 Å². The van der Waals surface area contributed by atoms with Crippen LogP contribution < -0.4 is 10.6 Å². The number of hydrogen-bond acceptors (Lipinski definition) is 6. The highest BCUT2D eigenvalue weighted by Crippen LogP contribution is 2.28. The molecule has 7 nitrogen and oxygen atoms in total. The van der Waals surface area contributed by atoms with Gasteiger partial charge in [-0.2, -0.15) is 0 Å². The van der Waals surface area contributed by atoms with Crippen molar-refractivity contribution in [2.75, 3.05) is 23.7 Å². The molecule has 0 radical (unpaired) electrons. The van der Waals surface area contributed by atoms with Crippen molar-refractivity contribution in [1.29, 1.82) is 0 Å². The third-order valence-corrected chi connectivity index (χ3v) is 1.76. The fourth-order valence-electron chi connectivity index (χ4n) is 1.15. The van der Waals surface area contributed by atoms with Crippen molar-refractivity contribution in [3.05, 3.63) is 29.1 Å². The van der Waals surface area contributed by atoms with Gasteiger partial charge in [-0.1, -0.05) is 6.08 Å². The number of aromatic nitrogens is 2. The Morgan fingerprint density at radius 2 is 2.12 bits per heavy atom. The number of rotatable bonds is 6. The lowest BCUT2D eigenvalue weighted by Crippen LogP contribution is -2.09. The Morgan fingerprint density at radius 3 is 2.62 bits per heavy atom. The second-order valence-corrected chi connectivity index (χ2v) is 2.88. The molecule has 16 heavy (non-hydrogen) atoms. The molecule has 0 bridgehead atoms. The maximum absolute atomic E-state index is 10.9. The molecule has 86 valence electrons. The topological polar surface area (TPSA) is 93.0 Å². The Hall–Kier alpha value is -2.18. The van der Waals surface area contributed by atoms with E-state index in [1.807, 2.05) is 6.92 Å². The molecular formula is C9H13N5O2. The van der Waals surface area contributed by atoms with Crippen LogP contribution in [0, 0.1) is 10.1 Å². The first-order valence-electron chi connectivity index (χ1n) is 4.78. The maximum Gasteiger partial charge on any atom is 0.353 e. The predicted molar refractivity (Wildman–Crippen MR) is 61.5 cm³/mol. The summed E-state index contributed by atoms with van der Waals surface area (Å²) in [5.41, 5.74) is -0.147. The second kappa shape index (κ2) is 5.64. The molecule has 1 heterocycles. The van der Waals surface area contributed by atoms with Gasteiger partial charge in [0.05, 0.1) is 4.92 Å². The van der Waals surface area contributed by atoms with Gasteiger partial charge in [-0.15, -0.1) is 6.58 Å². The third kappa shape index (κ3) is 2.66. The zero-order valence-electron chi connectivity index (χ0n) is 8.93. The van der Waals surface area contributed by atoms with Gasteiger partial charge < -0.3 is 10.6 Å². The van der Waals surface area contributed by atoms with Crippen LogP contribution in [-0.2, 0) is 0 Å². The SMILES string of the molecule is C=CCNc1ncnc(NCC)c1[N+](=O)[O-]. The van der Waals surface area contributed by atoms with E-state index in [4.69, 9.17) is 0 Å². The van der Waals surface area contributed by atoms with E-state index in [1.165, 1.54) is 6.33 Å². The molecule has 0 aliphatic heterocycles. The van der Waals surface area contributed by atoms with E-state index < -0.39 is 4.92 Å². The van der Waals surface area contributed by atoms with Gasteiger partial charge in [0, 0.05) is 13.1 Å². The molecule has 0 saturated heterocycles. The summed E-state index contributed by atoms with van der Waals surface area (Å²) in [6.07, 6.45) is 2.87. The van der Waals surface area contributed by atoms with Crippen LogP contribution in [0.2, 0.25) is 0 Å². The van der Waals surface area contributed by atoms with Gasteiger partial charge in [0.1, 0.15) is 6.33 Å². The summed E-state index contributed by atoms with van der Waals surface area (Å²) in [4.78, 5) is 18.0. The number of nitro groups is 1. The summed E-state index contributed by atoms with van der Waals surface area (Å²) >= 11 is 0. The van der Waals surface area contributed by atoms with E-state index in [1.54, 1.807) is 6.08 Å². The average Bonchev–Trinajstić information content (AvgIpc) is 2.26. The smallest absolute Gasteiger partial charge is 0.353 e. The lowest BCUT2D eigenvalue weighted by atomic mass is 10.4. The fourth-order valence-corrected chi connectivity index (χ4v) is 1.15. The van der Waals surface area contributed by atoms with E-state index in [9.17, 15) is 10.1 Å². The van der Waals surface area contributed by atoms with Crippen molar-refractivity contribution < 1.29 is 4.92 Å². The highest BCUT2D eigenvalue weighted by molar-refractivity contribution is 5.69. The van der Waals surface area contributed by atoms with Gasteiger partial charge in [0.15, 0.2) is 0 Å². The zero-order valence-corrected chi connectivity index (χ0v) is 8.93. The highest BCUT2D eigenvalue weighted by atomic mass is 16.6. The Balaban J connectivity index is 3.10. The molecule has 0 atom stereocenters. The molecule has 1 rings (SSSR count). The van der Waals surface area contributed by atoms with E-state index in [0.717, 1.165) is 0 Å². The van der Waals surface area contributed by atoms with Crippen LogP contribution in [0.1, 0.15) is 6.92 Å². The Bertz CT molecular complexity index is 393. The van der Waals surface area contributed by atoms with E-state index in [0.29, 0.717) is 13.1 Å². The molecular weight excluding hydrogens is 210 g/mol. The summed E-state index contributed by atoms with van der Waals surface area (Å²) in [5.74, 6) is 0.407. The second-order valence-electron chi connectivity index (χ2n) is 2.88. The van der Waals surface area contributed by atoms with Crippen LogP contribution >= 0.6 is 0 Å². The van der Waals surface area contributed by atoms with Crippen LogP contribution in [0.5, 0.6) is 0 Å². The van der Waals surface area contributed by atoms with E-state index >= 15 is 0 Å². The van der Waals surface area contributed by atoms with Gasteiger partial charge in [0.2, 0.25) is 11.6 Å². The quantitative estimate of drug-likeness (QED) is 0.430. The Morgan fingerprint density at radius 1 is 1.50 bits per heavy atom. The van der Waals surface area contributed by atoms with Crippen molar-refractivity contribution in [2.24, 2.45) is 0 Å². The fraction of sp³-hybridized carbons (Fsp3) is 0.333. The zero-order chi connectivity index (χ0) is 12.0. The van der Waals surface area contributed by atoms with Crippen molar-refractivity contribution >= 4 is 17.3 Å². The molecule has 1 aromatic rings. The van der Waals surface area contributed by atoms with Gasteiger partial charge in [0.25, 0.3) is 0 Å². The molecule has 7 heteroatoms. The first kappa shape index (κ1) is 11.9. The van der Waals surface area contributed by atoms with Crippen molar-refractivity contribution in [3.63, 3.8) is 0 Å². The highest BCUT2D eigenvalue weighted by Gasteiger charge is 2.21. The molecule has 0 aliphatic rings. The monoisotopic (exact) mass is 223 g/mol. The average molecular weight is 223 g/mol. The maximum atomic E-state index is 10.9.